The first-order chi connectivity index (χ1) is 24.9. The standard InChI is InChI=1S/C18H16BrF3N4O2.C16H14BrN3O4S/c1-10-7-11(3-4-12(10)17(27)28-2)13-8-24-16-15(23-6-5-18(20,21)22)25-14(19)9-26(13)16;1-9-6-10(4-5-11(9)16(21)24-2)12-7-18-14-15(25(3,22)23)19-13(17)8-20(12)14/h3-4,7-9H,5-6H2,1-2H3,(H,23,25);4-8H,1-3H3. The van der Waals surface area contributed by atoms with Crippen LogP contribution in [0.1, 0.15) is 38.3 Å². The number of sulfone groups is 1. The van der Waals surface area contributed by atoms with Crippen LogP contribution < -0.4 is 5.32 Å². The summed E-state index contributed by atoms with van der Waals surface area (Å²) in [4.78, 5) is 40.2. The molecule has 1 N–H and O–H groups in total. The molecular weight excluding hydrogens is 851 g/mol. The Morgan fingerprint density at radius 2 is 1.28 bits per heavy atom. The number of halogens is 5. The molecule has 4 heterocycles. The zero-order valence-electron chi connectivity index (χ0n) is 28.6. The molecule has 0 atom stereocenters. The van der Waals surface area contributed by atoms with Crippen molar-refractivity contribution >= 4 is 70.7 Å². The fraction of sp³-hybridized carbons (Fsp3) is 0.235. The molecule has 2 aromatic carbocycles. The van der Waals surface area contributed by atoms with Gasteiger partial charge in [-0.3, -0.25) is 8.80 Å². The van der Waals surface area contributed by atoms with E-state index in [1.807, 2.05) is 12.1 Å². The Labute approximate surface area is 317 Å². The van der Waals surface area contributed by atoms with Gasteiger partial charge in [0, 0.05) is 36.3 Å². The molecule has 278 valence electrons. The second-order valence-corrected chi connectivity index (χ2v) is 15.1. The lowest BCUT2D eigenvalue weighted by molar-refractivity contribution is -0.131. The maximum absolute atomic E-state index is 12.4. The van der Waals surface area contributed by atoms with Gasteiger partial charge in [-0.1, -0.05) is 12.1 Å². The second-order valence-electron chi connectivity index (χ2n) is 11.6. The minimum absolute atomic E-state index is 0.101. The van der Waals surface area contributed by atoms with Crippen molar-refractivity contribution in [2.75, 3.05) is 32.3 Å². The van der Waals surface area contributed by atoms with Crippen LogP contribution in [0.5, 0.6) is 0 Å². The topological polar surface area (TPSA) is 159 Å². The van der Waals surface area contributed by atoms with Crippen LogP contribution in [0.2, 0.25) is 0 Å². The van der Waals surface area contributed by atoms with E-state index >= 15 is 0 Å². The van der Waals surface area contributed by atoms with Crippen LogP contribution in [0, 0.1) is 13.8 Å². The minimum atomic E-state index is -4.26. The number of nitrogens with one attached hydrogen (secondary N) is 1. The molecule has 0 saturated heterocycles. The summed E-state index contributed by atoms with van der Waals surface area (Å²) in [5.41, 5.74) is 6.01. The van der Waals surface area contributed by atoms with E-state index in [1.165, 1.54) is 14.2 Å². The van der Waals surface area contributed by atoms with E-state index in [0.29, 0.717) is 37.4 Å². The zero-order chi connectivity index (χ0) is 38.8. The highest BCUT2D eigenvalue weighted by Crippen LogP contribution is 2.29. The van der Waals surface area contributed by atoms with E-state index in [9.17, 15) is 31.2 Å². The predicted octanol–water partition coefficient (Wildman–Crippen LogP) is 7.28. The fourth-order valence-corrected chi connectivity index (χ4v) is 6.96. The van der Waals surface area contributed by atoms with E-state index in [-0.39, 0.29) is 23.0 Å². The van der Waals surface area contributed by atoms with Gasteiger partial charge in [0.05, 0.1) is 55.5 Å². The first kappa shape index (κ1) is 39.3. The van der Waals surface area contributed by atoms with E-state index in [2.05, 4.69) is 57.1 Å². The number of fused-ring (bicyclic) bond motifs is 2. The van der Waals surface area contributed by atoms with Crippen LogP contribution in [0.15, 0.2) is 75.4 Å². The quantitative estimate of drug-likeness (QED) is 0.153. The highest BCUT2D eigenvalue weighted by atomic mass is 79.9. The lowest BCUT2D eigenvalue weighted by Gasteiger charge is -2.11. The van der Waals surface area contributed by atoms with E-state index < -0.39 is 34.4 Å². The van der Waals surface area contributed by atoms with Gasteiger partial charge in [-0.15, -0.1) is 0 Å². The molecule has 0 fully saturated rings. The second kappa shape index (κ2) is 15.6. The van der Waals surface area contributed by atoms with Crippen LogP contribution in [0.3, 0.4) is 0 Å². The monoisotopic (exact) mass is 879 g/mol. The molecule has 53 heavy (non-hydrogen) atoms. The summed E-state index contributed by atoms with van der Waals surface area (Å²) in [6.07, 6.45) is 2.36. The highest BCUT2D eigenvalue weighted by Gasteiger charge is 2.27. The summed E-state index contributed by atoms with van der Waals surface area (Å²) in [6, 6.07) is 10.5. The summed E-state index contributed by atoms with van der Waals surface area (Å²) >= 11 is 6.51. The van der Waals surface area contributed by atoms with Crippen LogP contribution in [-0.4, -0.2) is 82.3 Å². The Morgan fingerprint density at radius 1 is 0.811 bits per heavy atom. The molecule has 0 spiro atoms. The van der Waals surface area contributed by atoms with Crippen molar-refractivity contribution in [1.82, 2.24) is 28.7 Å². The van der Waals surface area contributed by atoms with Crippen molar-refractivity contribution in [3.8, 4) is 22.5 Å². The molecule has 6 aromatic rings. The van der Waals surface area contributed by atoms with Gasteiger partial charge in [0.1, 0.15) is 9.21 Å². The number of imidazole rings is 2. The number of methoxy groups -OCH3 is 2. The molecule has 0 aliphatic carbocycles. The van der Waals surface area contributed by atoms with E-state index in [4.69, 9.17) is 9.47 Å². The Balaban J connectivity index is 0.000000206. The minimum Gasteiger partial charge on any atom is -0.465 e. The number of carbonyl (C=O) groups is 2. The van der Waals surface area contributed by atoms with Crippen LogP contribution in [0.4, 0.5) is 19.0 Å². The molecule has 4 aromatic heterocycles. The molecule has 19 heteroatoms. The summed E-state index contributed by atoms with van der Waals surface area (Å²) in [6.45, 7) is 3.29. The third kappa shape index (κ3) is 8.85. The number of nitrogens with zero attached hydrogens (tertiary/aromatic N) is 6. The van der Waals surface area contributed by atoms with Gasteiger partial charge in [-0.25, -0.2) is 37.9 Å². The van der Waals surface area contributed by atoms with E-state index in [0.717, 1.165) is 28.5 Å². The van der Waals surface area contributed by atoms with Crippen LogP contribution in [0.25, 0.3) is 33.8 Å². The van der Waals surface area contributed by atoms with Crippen LogP contribution in [-0.2, 0) is 19.3 Å². The lowest BCUT2D eigenvalue weighted by atomic mass is 10.0. The first-order valence-electron chi connectivity index (χ1n) is 15.4. The number of hydrogen-bond acceptors (Lipinski definition) is 11. The number of ether oxygens (including phenoxy) is 2. The SMILES string of the molecule is COC(=O)c1ccc(-c2cnc3c(NCCC(F)(F)F)nc(Br)cn23)cc1C.COC(=O)c1ccc(-c2cnc3c(S(C)(=O)=O)nc(Br)cn23)cc1C. The third-order valence-electron chi connectivity index (χ3n) is 7.80. The van der Waals surface area contributed by atoms with Gasteiger partial charge in [-0.2, -0.15) is 13.2 Å². The van der Waals surface area contributed by atoms with Gasteiger partial charge in [-0.05, 0) is 81.1 Å². The number of aryl methyl sites for hydroxylation is 2. The number of benzene rings is 2. The van der Waals surface area contributed by atoms with Crippen molar-refractivity contribution in [3.05, 3.63) is 92.6 Å². The number of rotatable bonds is 8. The van der Waals surface area contributed by atoms with Gasteiger partial charge in [0.25, 0.3) is 0 Å². The van der Waals surface area contributed by atoms with Crippen molar-refractivity contribution in [2.24, 2.45) is 0 Å². The van der Waals surface area contributed by atoms with Gasteiger partial charge >= 0.3 is 18.1 Å². The maximum Gasteiger partial charge on any atom is 0.390 e. The zero-order valence-corrected chi connectivity index (χ0v) is 32.6. The molecular formula is C34H30Br2F3N7O6S. The molecule has 0 aliphatic rings. The summed E-state index contributed by atoms with van der Waals surface area (Å²) in [5, 5.41) is 2.59. The smallest absolute Gasteiger partial charge is 0.390 e. The summed E-state index contributed by atoms with van der Waals surface area (Å²) in [7, 11) is -0.888. The van der Waals surface area contributed by atoms with Gasteiger partial charge in [0.2, 0.25) is 0 Å². The predicted molar refractivity (Wildman–Crippen MR) is 197 cm³/mol. The van der Waals surface area contributed by atoms with Crippen molar-refractivity contribution in [1.29, 1.82) is 0 Å². The maximum atomic E-state index is 12.4. The number of hydrogen-bond donors (Lipinski definition) is 1. The molecule has 0 radical (unpaired) electrons. The summed E-state index contributed by atoms with van der Waals surface area (Å²) < 4.78 is 74.8. The molecule has 0 bridgehead atoms. The molecule has 0 aliphatic heterocycles. The molecule has 13 nitrogen and oxygen atoms in total. The van der Waals surface area contributed by atoms with Crippen molar-refractivity contribution < 1.29 is 40.7 Å². The summed E-state index contributed by atoms with van der Waals surface area (Å²) in [5.74, 6) is -0.591. The van der Waals surface area contributed by atoms with Gasteiger partial charge in [0.15, 0.2) is 32.0 Å². The Morgan fingerprint density at radius 3 is 1.74 bits per heavy atom. The Bertz CT molecular complexity index is 2490. The van der Waals surface area contributed by atoms with Crippen molar-refractivity contribution in [2.45, 2.75) is 31.5 Å². The lowest BCUT2D eigenvalue weighted by Crippen LogP contribution is -2.15. The third-order valence-corrected chi connectivity index (χ3v) is 9.54. The Hall–Kier alpha value is -4.88. The Kier molecular flexibility index (Phi) is 11.6. The van der Waals surface area contributed by atoms with Crippen molar-refractivity contribution in [3.63, 3.8) is 0 Å². The molecule has 0 amide bonds. The average Bonchev–Trinajstić information content (AvgIpc) is 3.71. The number of alkyl halides is 3. The molecule has 0 saturated carbocycles. The number of aromatic nitrogens is 6. The largest absolute Gasteiger partial charge is 0.465 e. The highest BCUT2D eigenvalue weighted by molar-refractivity contribution is 9.10. The molecule has 6 rings (SSSR count). The number of anilines is 1. The van der Waals surface area contributed by atoms with Gasteiger partial charge < -0.3 is 14.8 Å². The first-order valence-corrected chi connectivity index (χ1v) is 18.9. The normalized spacial score (nSPS) is 11.7. The van der Waals surface area contributed by atoms with E-state index in [1.54, 1.807) is 71.7 Å². The van der Waals surface area contributed by atoms with Crippen LogP contribution >= 0.6 is 31.9 Å². The average molecular weight is 882 g/mol. The number of carbonyl (C=O) groups excluding carboxylic acids is 2. The molecule has 0 unspecified atom stereocenters. The fourth-order valence-electron chi connectivity index (χ4n) is 5.33. The number of esters is 2.